The van der Waals surface area contributed by atoms with Gasteiger partial charge in [-0.15, -0.1) is 0 Å². The summed E-state index contributed by atoms with van der Waals surface area (Å²) in [6, 6.07) is 7.20. The Balaban J connectivity index is 2.70. The predicted molar refractivity (Wildman–Crippen MR) is 79.9 cm³/mol. The summed E-state index contributed by atoms with van der Waals surface area (Å²) in [7, 11) is 0. The van der Waals surface area contributed by atoms with Crippen LogP contribution in [0.4, 0.5) is 0 Å². The van der Waals surface area contributed by atoms with Gasteiger partial charge in [-0.2, -0.15) is 0 Å². The number of aliphatic carboxylic acids is 1. The average molecular weight is 279 g/mol. The van der Waals surface area contributed by atoms with Crippen LogP contribution in [0, 0.1) is 5.92 Å². The number of para-hydroxylation sites is 1. The van der Waals surface area contributed by atoms with Gasteiger partial charge >= 0.3 is 5.97 Å². The first-order valence-corrected chi connectivity index (χ1v) is 7.11. The van der Waals surface area contributed by atoms with E-state index in [1.54, 1.807) is 0 Å². The van der Waals surface area contributed by atoms with Crippen LogP contribution in [0.5, 0.6) is 5.75 Å². The first-order chi connectivity index (χ1) is 9.40. The molecular weight excluding hydrogens is 254 g/mol. The molecule has 2 N–H and O–H groups in total. The lowest BCUT2D eigenvalue weighted by Gasteiger charge is -2.18. The molecule has 4 nitrogen and oxygen atoms in total. The van der Waals surface area contributed by atoms with Gasteiger partial charge in [-0.1, -0.05) is 32.0 Å². The van der Waals surface area contributed by atoms with Crippen LogP contribution in [0.1, 0.15) is 39.7 Å². The van der Waals surface area contributed by atoms with E-state index in [0.717, 1.165) is 11.3 Å². The smallest absolute Gasteiger partial charge is 0.320 e. The molecule has 0 bridgehead atoms. The lowest BCUT2D eigenvalue weighted by Crippen LogP contribution is -2.37. The molecule has 0 radical (unpaired) electrons. The van der Waals surface area contributed by atoms with Gasteiger partial charge in [0, 0.05) is 12.1 Å². The molecule has 1 rings (SSSR count). The van der Waals surface area contributed by atoms with Crippen LogP contribution in [-0.2, 0) is 11.3 Å². The molecule has 0 fully saturated rings. The second-order valence-corrected chi connectivity index (χ2v) is 5.68. The monoisotopic (exact) mass is 279 g/mol. The third-order valence-corrected chi connectivity index (χ3v) is 2.88. The minimum absolute atomic E-state index is 0.0992. The first kappa shape index (κ1) is 16.5. The molecule has 0 aliphatic heterocycles. The maximum absolute atomic E-state index is 11.2. The van der Waals surface area contributed by atoms with Gasteiger partial charge in [-0.25, -0.2) is 0 Å². The molecule has 0 aliphatic rings. The molecule has 1 aromatic carbocycles. The third kappa shape index (κ3) is 5.61. The van der Waals surface area contributed by atoms with Crippen molar-refractivity contribution in [1.29, 1.82) is 0 Å². The molecule has 0 aliphatic carbocycles. The summed E-state index contributed by atoms with van der Waals surface area (Å²) in [5, 5.41) is 12.3. The van der Waals surface area contributed by atoms with Crippen molar-refractivity contribution in [3.05, 3.63) is 29.8 Å². The van der Waals surface area contributed by atoms with E-state index in [1.165, 1.54) is 0 Å². The number of rotatable bonds is 8. The van der Waals surface area contributed by atoms with E-state index < -0.39 is 12.0 Å². The van der Waals surface area contributed by atoms with Gasteiger partial charge in [0.25, 0.3) is 0 Å². The summed E-state index contributed by atoms with van der Waals surface area (Å²) >= 11 is 0. The molecule has 0 saturated heterocycles. The van der Waals surface area contributed by atoms with Crippen molar-refractivity contribution in [3.8, 4) is 5.75 Å². The van der Waals surface area contributed by atoms with Crippen molar-refractivity contribution in [2.75, 3.05) is 0 Å². The summed E-state index contributed by atoms with van der Waals surface area (Å²) in [5.41, 5.74) is 0.983. The summed E-state index contributed by atoms with van der Waals surface area (Å²) < 4.78 is 5.73. The van der Waals surface area contributed by atoms with Crippen molar-refractivity contribution in [3.63, 3.8) is 0 Å². The Kier molecular flexibility index (Phi) is 6.52. The standard InChI is InChI=1S/C16H25NO3/c1-11(2)9-14(16(18)19)17-10-13-7-5-6-8-15(13)20-12(3)4/h5-8,11-12,14,17H,9-10H2,1-4H3,(H,18,19)/t14-/m0/s1. The van der Waals surface area contributed by atoms with E-state index in [-0.39, 0.29) is 6.10 Å². The molecule has 0 unspecified atom stereocenters. The van der Waals surface area contributed by atoms with E-state index in [9.17, 15) is 9.90 Å². The predicted octanol–water partition coefficient (Wildman–Crippen LogP) is 3.06. The topological polar surface area (TPSA) is 58.6 Å². The number of carbonyl (C=O) groups is 1. The minimum Gasteiger partial charge on any atom is -0.491 e. The fraction of sp³-hybridized carbons (Fsp3) is 0.562. The maximum Gasteiger partial charge on any atom is 0.320 e. The molecule has 0 saturated carbocycles. The molecule has 1 atom stereocenters. The fourth-order valence-corrected chi connectivity index (χ4v) is 1.99. The summed E-state index contributed by atoms with van der Waals surface area (Å²) in [6.45, 7) is 8.49. The van der Waals surface area contributed by atoms with Crippen LogP contribution in [0.3, 0.4) is 0 Å². The highest BCUT2D eigenvalue weighted by molar-refractivity contribution is 5.73. The normalized spacial score (nSPS) is 12.7. The van der Waals surface area contributed by atoms with Gasteiger partial charge in [0.1, 0.15) is 11.8 Å². The molecule has 20 heavy (non-hydrogen) atoms. The van der Waals surface area contributed by atoms with Crippen molar-refractivity contribution in [2.24, 2.45) is 5.92 Å². The molecule has 112 valence electrons. The van der Waals surface area contributed by atoms with Crippen molar-refractivity contribution in [2.45, 2.75) is 52.8 Å². The van der Waals surface area contributed by atoms with Gasteiger partial charge in [-0.05, 0) is 32.3 Å². The Labute approximate surface area is 121 Å². The number of carboxylic acids is 1. The Morgan fingerprint density at radius 1 is 1.25 bits per heavy atom. The van der Waals surface area contributed by atoms with Crippen molar-refractivity contribution >= 4 is 5.97 Å². The third-order valence-electron chi connectivity index (χ3n) is 2.88. The summed E-state index contributed by atoms with van der Waals surface area (Å²) in [4.78, 5) is 11.2. The quantitative estimate of drug-likeness (QED) is 0.768. The van der Waals surface area contributed by atoms with E-state index >= 15 is 0 Å². The van der Waals surface area contributed by atoms with Gasteiger partial charge in [-0.3, -0.25) is 4.79 Å². The van der Waals surface area contributed by atoms with E-state index in [1.807, 2.05) is 52.0 Å². The summed E-state index contributed by atoms with van der Waals surface area (Å²) in [5.74, 6) is 0.343. The fourth-order valence-electron chi connectivity index (χ4n) is 1.99. The second kappa shape index (κ2) is 7.90. The minimum atomic E-state index is -0.805. The largest absolute Gasteiger partial charge is 0.491 e. The zero-order valence-electron chi connectivity index (χ0n) is 12.7. The molecule has 0 spiro atoms. The number of carboxylic acid groups (broad SMARTS) is 1. The Hall–Kier alpha value is -1.55. The molecule has 0 amide bonds. The maximum atomic E-state index is 11.2. The average Bonchev–Trinajstić information content (AvgIpc) is 2.34. The molecular formula is C16H25NO3. The van der Waals surface area contributed by atoms with Crippen LogP contribution in [0.2, 0.25) is 0 Å². The van der Waals surface area contributed by atoms with Crippen LogP contribution in [-0.4, -0.2) is 23.2 Å². The highest BCUT2D eigenvalue weighted by Gasteiger charge is 2.18. The number of ether oxygens (including phenoxy) is 1. The van der Waals surface area contributed by atoms with Gasteiger partial charge < -0.3 is 15.2 Å². The number of benzene rings is 1. The van der Waals surface area contributed by atoms with Crippen LogP contribution in [0.15, 0.2) is 24.3 Å². The van der Waals surface area contributed by atoms with E-state index in [4.69, 9.17) is 4.74 Å². The van der Waals surface area contributed by atoms with Gasteiger partial charge in [0.05, 0.1) is 6.10 Å². The lowest BCUT2D eigenvalue weighted by atomic mass is 10.0. The molecule has 0 heterocycles. The number of nitrogens with one attached hydrogen (secondary N) is 1. The Morgan fingerprint density at radius 3 is 2.45 bits per heavy atom. The number of hydrogen-bond donors (Lipinski definition) is 2. The highest BCUT2D eigenvalue weighted by atomic mass is 16.5. The zero-order chi connectivity index (χ0) is 15.1. The van der Waals surface area contributed by atoms with Crippen molar-refractivity contribution in [1.82, 2.24) is 5.32 Å². The molecule has 4 heteroatoms. The Morgan fingerprint density at radius 2 is 1.90 bits per heavy atom. The van der Waals surface area contributed by atoms with Gasteiger partial charge in [0.2, 0.25) is 0 Å². The second-order valence-electron chi connectivity index (χ2n) is 5.68. The number of hydrogen-bond acceptors (Lipinski definition) is 3. The van der Waals surface area contributed by atoms with Crippen molar-refractivity contribution < 1.29 is 14.6 Å². The Bertz CT molecular complexity index is 429. The highest BCUT2D eigenvalue weighted by Crippen LogP contribution is 2.19. The lowest BCUT2D eigenvalue weighted by molar-refractivity contribution is -0.140. The zero-order valence-corrected chi connectivity index (χ0v) is 12.7. The molecule has 0 aromatic heterocycles. The SMILES string of the molecule is CC(C)C[C@H](NCc1ccccc1OC(C)C)C(=O)O. The van der Waals surface area contributed by atoms with Crippen LogP contribution < -0.4 is 10.1 Å². The summed E-state index contributed by atoms with van der Waals surface area (Å²) in [6.07, 6.45) is 0.713. The van der Waals surface area contributed by atoms with Gasteiger partial charge in [0.15, 0.2) is 0 Å². The van der Waals surface area contributed by atoms with Crippen LogP contribution in [0.25, 0.3) is 0 Å². The van der Waals surface area contributed by atoms with Crippen LogP contribution >= 0.6 is 0 Å². The first-order valence-electron chi connectivity index (χ1n) is 7.11. The van der Waals surface area contributed by atoms with E-state index in [2.05, 4.69) is 5.32 Å². The molecule has 1 aromatic rings. The van der Waals surface area contributed by atoms with E-state index in [0.29, 0.717) is 18.9 Å².